The molecule has 1 saturated carbocycles. The monoisotopic (exact) mass is 328 g/mol. The van der Waals surface area contributed by atoms with Gasteiger partial charge in [0.1, 0.15) is 11.9 Å². The van der Waals surface area contributed by atoms with Crippen molar-refractivity contribution in [3.8, 4) is 5.75 Å². The van der Waals surface area contributed by atoms with E-state index in [4.69, 9.17) is 9.47 Å². The lowest BCUT2D eigenvalue weighted by Crippen LogP contribution is -2.26. The molecule has 0 unspecified atom stereocenters. The molecule has 130 valence electrons. The van der Waals surface area contributed by atoms with Crippen LogP contribution in [-0.2, 0) is 26.0 Å². The molecular weight excluding hydrogens is 300 g/mol. The van der Waals surface area contributed by atoms with Crippen molar-refractivity contribution in [2.24, 2.45) is 5.92 Å². The minimum Gasteiger partial charge on any atom is -0.493 e. The van der Waals surface area contributed by atoms with Crippen molar-refractivity contribution in [3.05, 3.63) is 28.8 Å². The Hall–Kier alpha value is -1.35. The normalized spacial score (nSPS) is 31.7. The molecule has 3 aliphatic rings. The van der Waals surface area contributed by atoms with Crippen LogP contribution in [0, 0.1) is 5.92 Å². The number of hydrogen-bond donors (Lipinski definition) is 0. The predicted molar refractivity (Wildman–Crippen MR) is 93.6 cm³/mol. The maximum absolute atomic E-state index is 12.8. The van der Waals surface area contributed by atoms with Crippen molar-refractivity contribution in [2.45, 2.75) is 76.9 Å². The van der Waals surface area contributed by atoms with Gasteiger partial charge in [0.2, 0.25) is 0 Å². The van der Waals surface area contributed by atoms with E-state index in [1.807, 2.05) is 0 Å². The van der Waals surface area contributed by atoms with Gasteiger partial charge >= 0.3 is 0 Å². The molecule has 2 heterocycles. The van der Waals surface area contributed by atoms with Crippen LogP contribution in [0.3, 0.4) is 0 Å². The Morgan fingerprint density at radius 1 is 1.08 bits per heavy atom. The number of benzene rings is 1. The average Bonchev–Trinajstić information content (AvgIpc) is 3.11. The van der Waals surface area contributed by atoms with Crippen LogP contribution in [0.1, 0.15) is 71.1 Å². The van der Waals surface area contributed by atoms with Gasteiger partial charge in [0.05, 0.1) is 6.61 Å². The van der Waals surface area contributed by atoms with Crippen molar-refractivity contribution < 1.29 is 14.3 Å². The molecule has 3 nitrogen and oxygen atoms in total. The highest BCUT2D eigenvalue weighted by molar-refractivity contribution is 5.96. The second-order valence-electron chi connectivity index (χ2n) is 9.70. The molecule has 1 aliphatic carbocycles. The fourth-order valence-corrected chi connectivity index (χ4v) is 4.30. The maximum Gasteiger partial charge on any atom is 0.181 e. The number of rotatable bonds is 0. The van der Waals surface area contributed by atoms with Gasteiger partial charge in [0, 0.05) is 17.5 Å². The Kier molecular flexibility index (Phi) is 3.11. The Balaban J connectivity index is 2.00. The summed E-state index contributed by atoms with van der Waals surface area (Å²) in [5, 5.41) is 0. The van der Waals surface area contributed by atoms with E-state index >= 15 is 0 Å². The zero-order valence-electron chi connectivity index (χ0n) is 15.7. The Morgan fingerprint density at radius 2 is 1.79 bits per heavy atom. The van der Waals surface area contributed by atoms with E-state index in [1.165, 1.54) is 11.1 Å². The van der Waals surface area contributed by atoms with Gasteiger partial charge in [-0.15, -0.1) is 0 Å². The first-order chi connectivity index (χ1) is 11.0. The van der Waals surface area contributed by atoms with Crippen LogP contribution in [0.25, 0.3) is 0 Å². The summed E-state index contributed by atoms with van der Waals surface area (Å²) in [6.07, 6.45) is 1.61. The average molecular weight is 328 g/mol. The first-order valence-electron chi connectivity index (χ1n) is 9.08. The number of fused-ring (bicyclic) bond motifs is 1. The molecule has 4 rings (SSSR count). The topological polar surface area (TPSA) is 38.8 Å². The molecule has 0 amide bonds. The first-order valence-corrected chi connectivity index (χ1v) is 9.08. The van der Waals surface area contributed by atoms with Gasteiger partial charge in [-0.2, -0.15) is 0 Å². The molecule has 2 aliphatic heterocycles. The van der Waals surface area contributed by atoms with E-state index in [0.29, 0.717) is 18.9 Å². The molecule has 1 aromatic carbocycles. The van der Waals surface area contributed by atoms with Gasteiger partial charge in [-0.25, -0.2) is 0 Å². The number of hydrogen-bond acceptors (Lipinski definition) is 3. The molecule has 0 N–H and O–H groups in total. The van der Waals surface area contributed by atoms with Gasteiger partial charge in [-0.05, 0) is 34.8 Å². The van der Waals surface area contributed by atoms with E-state index in [-0.39, 0.29) is 22.7 Å². The van der Waals surface area contributed by atoms with Gasteiger partial charge in [0.25, 0.3) is 0 Å². The highest BCUT2D eigenvalue weighted by atomic mass is 16.6. The molecule has 1 saturated heterocycles. The number of Topliss-reactive ketones (excluding diaryl/α,β-unsaturated/α-hetero) is 1. The van der Waals surface area contributed by atoms with E-state index in [9.17, 15) is 4.79 Å². The largest absolute Gasteiger partial charge is 0.493 e. The maximum atomic E-state index is 12.8. The quantitative estimate of drug-likeness (QED) is 0.668. The number of epoxide rings is 1. The van der Waals surface area contributed by atoms with Gasteiger partial charge in [-0.3, -0.25) is 4.79 Å². The second-order valence-corrected chi connectivity index (χ2v) is 9.70. The summed E-state index contributed by atoms with van der Waals surface area (Å²) in [5.41, 5.74) is 2.66. The molecule has 0 radical (unpaired) electrons. The molecular formula is C21H28O3. The van der Waals surface area contributed by atoms with Gasteiger partial charge < -0.3 is 9.47 Å². The smallest absolute Gasteiger partial charge is 0.181 e. The third-order valence-electron chi connectivity index (χ3n) is 5.84. The van der Waals surface area contributed by atoms with E-state index < -0.39 is 5.60 Å². The molecule has 1 aromatic rings. The highest BCUT2D eigenvalue weighted by Crippen LogP contribution is 2.62. The fourth-order valence-electron chi connectivity index (χ4n) is 4.30. The predicted octanol–water partition coefficient (Wildman–Crippen LogP) is 4.25. The van der Waals surface area contributed by atoms with Crippen LogP contribution in [-0.4, -0.2) is 18.5 Å². The summed E-state index contributed by atoms with van der Waals surface area (Å²) in [7, 11) is 0. The molecule has 3 heteroatoms. The minimum atomic E-state index is -0.721. The number of ether oxygens (including phenoxy) is 2. The number of carbonyl (C=O) groups is 1. The van der Waals surface area contributed by atoms with E-state index in [2.05, 4.69) is 53.7 Å². The first kappa shape index (κ1) is 16.1. The lowest BCUT2D eigenvalue weighted by atomic mass is 9.76. The van der Waals surface area contributed by atoms with Gasteiger partial charge in [-0.1, -0.05) is 47.6 Å². The van der Waals surface area contributed by atoms with Gasteiger partial charge in [0.15, 0.2) is 11.4 Å². The number of carbonyl (C=O) groups excluding carboxylic acids is 1. The fraction of sp³-hybridized carbons (Fsp3) is 0.667. The summed E-state index contributed by atoms with van der Waals surface area (Å²) < 4.78 is 12.3. The highest BCUT2D eigenvalue weighted by Gasteiger charge is 2.72. The molecule has 0 aromatic heterocycles. The van der Waals surface area contributed by atoms with Crippen LogP contribution in [0.4, 0.5) is 0 Å². The lowest BCUT2D eigenvalue weighted by Gasteiger charge is -2.30. The molecule has 2 fully saturated rings. The molecule has 24 heavy (non-hydrogen) atoms. The standard InChI is InChI=1S/C21H28O3/c1-19(2,3)13-10-14(20(4,5)6)17-15(11-13)21-16(22)9-12(7-8-23-17)18(21)24-21/h10-12,18H,7-9H2,1-6H3/t12-,18+,21+/m0/s1. The summed E-state index contributed by atoms with van der Waals surface area (Å²) in [4.78, 5) is 12.8. The molecule has 0 spiro atoms. The zero-order valence-corrected chi connectivity index (χ0v) is 15.7. The Bertz CT molecular complexity index is 720. The summed E-state index contributed by atoms with van der Waals surface area (Å²) in [5.74, 6) is 1.46. The summed E-state index contributed by atoms with van der Waals surface area (Å²) >= 11 is 0. The van der Waals surface area contributed by atoms with Crippen molar-refractivity contribution in [3.63, 3.8) is 0 Å². The van der Waals surface area contributed by atoms with Crippen LogP contribution >= 0.6 is 0 Å². The third kappa shape index (κ3) is 2.10. The minimum absolute atomic E-state index is 0.0134. The Morgan fingerprint density at radius 3 is 2.38 bits per heavy atom. The van der Waals surface area contributed by atoms with Crippen LogP contribution in [0.5, 0.6) is 5.75 Å². The summed E-state index contributed by atoms with van der Waals surface area (Å²) in [6, 6.07) is 4.45. The third-order valence-corrected chi connectivity index (χ3v) is 5.84. The van der Waals surface area contributed by atoms with Crippen molar-refractivity contribution in [1.29, 1.82) is 0 Å². The summed E-state index contributed by atoms with van der Waals surface area (Å²) in [6.45, 7) is 13.9. The van der Waals surface area contributed by atoms with E-state index in [0.717, 1.165) is 17.7 Å². The Labute approximate surface area is 144 Å². The van der Waals surface area contributed by atoms with Crippen LogP contribution in [0.15, 0.2) is 12.1 Å². The zero-order chi connectivity index (χ0) is 17.5. The SMILES string of the molecule is CC(C)(C)c1cc(C(C)(C)C)c2c(c1)[C@]13O[C@@H]1[C@@H](CCO2)CC3=O. The second kappa shape index (κ2) is 4.63. The molecule has 3 atom stereocenters. The molecule has 2 bridgehead atoms. The lowest BCUT2D eigenvalue weighted by molar-refractivity contribution is -0.124. The van der Waals surface area contributed by atoms with Crippen molar-refractivity contribution in [2.75, 3.05) is 6.61 Å². The number of ketones is 1. The van der Waals surface area contributed by atoms with Crippen LogP contribution < -0.4 is 4.74 Å². The van der Waals surface area contributed by atoms with Crippen molar-refractivity contribution >= 4 is 5.78 Å². The van der Waals surface area contributed by atoms with E-state index in [1.54, 1.807) is 0 Å². The van der Waals surface area contributed by atoms with Crippen LogP contribution in [0.2, 0.25) is 0 Å². The van der Waals surface area contributed by atoms with Crippen molar-refractivity contribution in [1.82, 2.24) is 0 Å².